The molecule has 0 radical (unpaired) electrons. The van der Waals surface area contributed by atoms with Gasteiger partial charge in [0.25, 0.3) is 5.91 Å². The molecule has 20 heavy (non-hydrogen) atoms. The number of hydrogen-bond donors (Lipinski definition) is 2. The van der Waals surface area contributed by atoms with Crippen LogP contribution in [0.3, 0.4) is 0 Å². The molecule has 0 bridgehead atoms. The number of nitrogens with one attached hydrogen (secondary N) is 1. The van der Waals surface area contributed by atoms with Crippen molar-refractivity contribution in [3.8, 4) is 0 Å². The van der Waals surface area contributed by atoms with Crippen LogP contribution in [0.1, 0.15) is 34.4 Å². The largest absolute Gasteiger partial charge is 0.456 e. The Morgan fingerprint density at radius 1 is 1.30 bits per heavy atom. The zero-order valence-corrected chi connectivity index (χ0v) is 11.8. The highest BCUT2D eigenvalue weighted by Crippen LogP contribution is 2.17. The fraction of sp³-hybridized carbons (Fsp3) is 0.312. The van der Waals surface area contributed by atoms with Crippen LogP contribution >= 0.6 is 0 Å². The van der Waals surface area contributed by atoms with Crippen LogP contribution in [-0.2, 0) is 12.8 Å². The van der Waals surface area contributed by atoms with Gasteiger partial charge in [-0.15, -0.1) is 0 Å². The van der Waals surface area contributed by atoms with E-state index in [0.29, 0.717) is 17.9 Å². The molecule has 4 nitrogen and oxygen atoms in total. The maximum atomic E-state index is 12.1. The molecule has 0 atom stereocenters. The molecule has 2 aromatic rings. The Kier molecular flexibility index (Phi) is 4.58. The lowest BCUT2D eigenvalue weighted by Gasteiger charge is -2.04. The molecular formula is C16H19NO3. The lowest BCUT2D eigenvalue weighted by Crippen LogP contribution is -2.10. The van der Waals surface area contributed by atoms with Crippen LogP contribution in [0.4, 0.5) is 5.69 Å². The maximum absolute atomic E-state index is 12.1. The highest BCUT2D eigenvalue weighted by Gasteiger charge is 2.13. The zero-order chi connectivity index (χ0) is 14.5. The molecule has 1 heterocycles. The predicted octanol–water partition coefficient (Wildman–Crippen LogP) is 2.94. The summed E-state index contributed by atoms with van der Waals surface area (Å²) in [7, 11) is 0. The molecule has 0 unspecified atom stereocenters. The smallest absolute Gasteiger partial charge is 0.291 e. The van der Waals surface area contributed by atoms with Crippen molar-refractivity contribution in [2.24, 2.45) is 0 Å². The number of carbonyl (C=O) groups excluding carboxylic acids is 1. The molecule has 2 N–H and O–H groups in total. The summed E-state index contributed by atoms with van der Waals surface area (Å²) in [6.45, 7) is 4.05. The molecule has 4 heteroatoms. The number of carbonyl (C=O) groups is 1. The summed E-state index contributed by atoms with van der Waals surface area (Å²) >= 11 is 0. The van der Waals surface area contributed by atoms with Crippen molar-refractivity contribution in [3.05, 3.63) is 53.0 Å². The molecule has 0 aliphatic carbocycles. The Labute approximate surface area is 118 Å². The van der Waals surface area contributed by atoms with Crippen molar-refractivity contribution >= 4 is 11.6 Å². The molecule has 0 fully saturated rings. The fourth-order valence-corrected chi connectivity index (χ4v) is 2.06. The minimum atomic E-state index is -0.247. The second-order valence-electron chi connectivity index (χ2n) is 4.70. The van der Waals surface area contributed by atoms with Gasteiger partial charge in [-0.3, -0.25) is 4.79 Å². The van der Waals surface area contributed by atoms with Gasteiger partial charge in [0.05, 0.1) is 0 Å². The van der Waals surface area contributed by atoms with E-state index in [1.54, 1.807) is 6.07 Å². The Morgan fingerprint density at radius 3 is 2.55 bits per heavy atom. The normalized spacial score (nSPS) is 10.6. The number of rotatable bonds is 5. The van der Waals surface area contributed by atoms with Gasteiger partial charge in [0.15, 0.2) is 5.76 Å². The third-order valence-electron chi connectivity index (χ3n) is 3.18. The first kappa shape index (κ1) is 14.3. The molecule has 0 aliphatic rings. The van der Waals surface area contributed by atoms with E-state index in [0.717, 1.165) is 23.3 Å². The van der Waals surface area contributed by atoms with E-state index >= 15 is 0 Å². The zero-order valence-electron chi connectivity index (χ0n) is 11.8. The number of aliphatic hydroxyl groups is 1. The quantitative estimate of drug-likeness (QED) is 0.880. The highest BCUT2D eigenvalue weighted by molar-refractivity contribution is 6.02. The van der Waals surface area contributed by atoms with Crippen LogP contribution in [0.15, 0.2) is 34.7 Å². The van der Waals surface area contributed by atoms with Crippen LogP contribution in [0, 0.1) is 6.92 Å². The SMILES string of the molecule is CCc1oc(C(=O)Nc2ccc(CCO)cc2)cc1C. The van der Waals surface area contributed by atoms with E-state index in [1.165, 1.54) is 0 Å². The van der Waals surface area contributed by atoms with Crippen molar-refractivity contribution in [1.29, 1.82) is 0 Å². The number of amides is 1. The summed E-state index contributed by atoms with van der Waals surface area (Å²) in [6.07, 6.45) is 1.39. The van der Waals surface area contributed by atoms with Gasteiger partial charge in [-0.25, -0.2) is 0 Å². The highest BCUT2D eigenvalue weighted by atomic mass is 16.4. The van der Waals surface area contributed by atoms with E-state index in [1.807, 2.05) is 38.1 Å². The minimum Gasteiger partial charge on any atom is -0.456 e. The molecular weight excluding hydrogens is 254 g/mol. The second kappa shape index (κ2) is 6.39. The number of benzene rings is 1. The summed E-state index contributed by atoms with van der Waals surface area (Å²) in [5, 5.41) is 11.6. The number of furan rings is 1. The minimum absolute atomic E-state index is 0.122. The Balaban J connectivity index is 2.06. The van der Waals surface area contributed by atoms with Gasteiger partial charge in [-0.1, -0.05) is 19.1 Å². The van der Waals surface area contributed by atoms with E-state index < -0.39 is 0 Å². The number of hydrogen-bond acceptors (Lipinski definition) is 3. The summed E-state index contributed by atoms with van der Waals surface area (Å²) in [4.78, 5) is 12.1. The van der Waals surface area contributed by atoms with E-state index in [4.69, 9.17) is 9.52 Å². The van der Waals surface area contributed by atoms with Crippen molar-refractivity contribution in [2.75, 3.05) is 11.9 Å². The van der Waals surface area contributed by atoms with Gasteiger partial charge in [-0.05, 0) is 42.7 Å². The molecule has 2 rings (SSSR count). The molecule has 1 aromatic heterocycles. The number of aliphatic hydroxyl groups excluding tert-OH is 1. The third kappa shape index (κ3) is 3.27. The van der Waals surface area contributed by atoms with Crippen LogP contribution in [-0.4, -0.2) is 17.6 Å². The number of anilines is 1. The van der Waals surface area contributed by atoms with Crippen molar-refractivity contribution in [2.45, 2.75) is 26.7 Å². The van der Waals surface area contributed by atoms with Gasteiger partial charge in [0.2, 0.25) is 0 Å². The van der Waals surface area contributed by atoms with Gasteiger partial charge in [0, 0.05) is 18.7 Å². The lowest BCUT2D eigenvalue weighted by molar-refractivity contribution is 0.0995. The summed E-state index contributed by atoms with van der Waals surface area (Å²) < 4.78 is 5.51. The second-order valence-corrected chi connectivity index (χ2v) is 4.70. The van der Waals surface area contributed by atoms with E-state index in [9.17, 15) is 4.79 Å². The summed E-state index contributed by atoms with van der Waals surface area (Å²) in [6, 6.07) is 9.17. The molecule has 106 valence electrons. The van der Waals surface area contributed by atoms with Gasteiger partial charge >= 0.3 is 0 Å². The van der Waals surface area contributed by atoms with Crippen LogP contribution in [0.5, 0.6) is 0 Å². The molecule has 0 saturated heterocycles. The first-order valence-corrected chi connectivity index (χ1v) is 6.74. The van der Waals surface area contributed by atoms with E-state index in [-0.39, 0.29) is 12.5 Å². The van der Waals surface area contributed by atoms with Gasteiger partial charge < -0.3 is 14.8 Å². The van der Waals surface area contributed by atoms with Gasteiger partial charge in [0.1, 0.15) is 5.76 Å². The Hall–Kier alpha value is -2.07. The first-order chi connectivity index (χ1) is 9.63. The summed E-state index contributed by atoms with van der Waals surface area (Å²) in [5.74, 6) is 0.926. The van der Waals surface area contributed by atoms with Crippen molar-refractivity contribution < 1.29 is 14.3 Å². The standard InChI is InChI=1S/C16H19NO3/c1-3-14-11(2)10-15(20-14)16(19)17-13-6-4-12(5-7-13)8-9-18/h4-7,10,18H,3,8-9H2,1-2H3,(H,17,19). The van der Waals surface area contributed by atoms with Gasteiger partial charge in [-0.2, -0.15) is 0 Å². The summed E-state index contributed by atoms with van der Waals surface area (Å²) in [5.41, 5.74) is 2.74. The first-order valence-electron chi connectivity index (χ1n) is 6.74. The van der Waals surface area contributed by atoms with Crippen molar-refractivity contribution in [3.63, 3.8) is 0 Å². The molecule has 1 aromatic carbocycles. The molecule has 0 saturated carbocycles. The number of aryl methyl sites for hydroxylation is 2. The van der Waals surface area contributed by atoms with Crippen LogP contribution < -0.4 is 5.32 Å². The van der Waals surface area contributed by atoms with E-state index in [2.05, 4.69) is 5.32 Å². The molecule has 0 spiro atoms. The Bertz CT molecular complexity index is 584. The van der Waals surface area contributed by atoms with Crippen LogP contribution in [0.25, 0.3) is 0 Å². The fourth-order valence-electron chi connectivity index (χ4n) is 2.06. The molecule has 1 amide bonds. The van der Waals surface area contributed by atoms with Crippen molar-refractivity contribution in [1.82, 2.24) is 0 Å². The topological polar surface area (TPSA) is 62.5 Å². The Morgan fingerprint density at radius 2 is 2.00 bits per heavy atom. The maximum Gasteiger partial charge on any atom is 0.291 e. The average Bonchev–Trinajstić information content (AvgIpc) is 2.82. The lowest BCUT2D eigenvalue weighted by atomic mass is 10.1. The average molecular weight is 273 g/mol. The predicted molar refractivity (Wildman–Crippen MR) is 78.0 cm³/mol. The monoisotopic (exact) mass is 273 g/mol. The molecule has 0 aliphatic heterocycles. The van der Waals surface area contributed by atoms with Crippen LogP contribution in [0.2, 0.25) is 0 Å². The third-order valence-corrected chi connectivity index (χ3v) is 3.18.